The summed E-state index contributed by atoms with van der Waals surface area (Å²) in [5.74, 6) is -0.594. The third-order valence-electron chi connectivity index (χ3n) is 3.15. The molecule has 0 spiro atoms. The SMILES string of the molecule is CCOC(=O)c1cnn(C)c1NC(=O)c1ccccc1CN. The normalized spacial score (nSPS) is 10.3. The Kier molecular flexibility index (Phi) is 4.90. The number of hydrogen-bond acceptors (Lipinski definition) is 5. The average molecular weight is 302 g/mol. The highest BCUT2D eigenvalue weighted by molar-refractivity contribution is 6.08. The molecule has 0 atom stereocenters. The molecule has 0 aliphatic carbocycles. The van der Waals surface area contributed by atoms with Gasteiger partial charge in [-0.05, 0) is 18.6 Å². The summed E-state index contributed by atoms with van der Waals surface area (Å²) in [4.78, 5) is 24.3. The minimum atomic E-state index is -0.530. The molecule has 1 aromatic carbocycles. The van der Waals surface area contributed by atoms with Crippen LogP contribution >= 0.6 is 0 Å². The van der Waals surface area contributed by atoms with Gasteiger partial charge in [-0.2, -0.15) is 5.10 Å². The van der Waals surface area contributed by atoms with Crippen molar-refractivity contribution in [3.8, 4) is 0 Å². The van der Waals surface area contributed by atoms with Crippen molar-refractivity contribution < 1.29 is 14.3 Å². The predicted octanol–water partition coefficient (Wildman–Crippen LogP) is 1.31. The summed E-state index contributed by atoms with van der Waals surface area (Å²) < 4.78 is 6.36. The van der Waals surface area contributed by atoms with Crippen LogP contribution < -0.4 is 11.1 Å². The van der Waals surface area contributed by atoms with E-state index < -0.39 is 5.97 Å². The van der Waals surface area contributed by atoms with Gasteiger partial charge in [0.15, 0.2) is 0 Å². The van der Waals surface area contributed by atoms with E-state index in [0.29, 0.717) is 5.56 Å². The van der Waals surface area contributed by atoms with Crippen molar-refractivity contribution in [2.75, 3.05) is 11.9 Å². The van der Waals surface area contributed by atoms with Crippen molar-refractivity contribution in [2.45, 2.75) is 13.5 Å². The number of carbonyl (C=O) groups is 2. The number of rotatable bonds is 5. The molecule has 2 rings (SSSR count). The van der Waals surface area contributed by atoms with Crippen LogP contribution in [0.2, 0.25) is 0 Å². The van der Waals surface area contributed by atoms with Crippen LogP contribution in [0.1, 0.15) is 33.2 Å². The quantitative estimate of drug-likeness (QED) is 0.811. The van der Waals surface area contributed by atoms with Gasteiger partial charge in [0.05, 0.1) is 12.8 Å². The van der Waals surface area contributed by atoms with Gasteiger partial charge in [-0.1, -0.05) is 18.2 Å². The Morgan fingerprint density at radius 3 is 2.73 bits per heavy atom. The number of aromatic nitrogens is 2. The summed E-state index contributed by atoms with van der Waals surface area (Å²) in [6.45, 7) is 2.21. The third kappa shape index (κ3) is 3.15. The lowest BCUT2D eigenvalue weighted by Crippen LogP contribution is -2.19. The lowest BCUT2D eigenvalue weighted by atomic mass is 10.1. The number of nitrogens with zero attached hydrogens (tertiary/aromatic N) is 2. The lowest BCUT2D eigenvalue weighted by Gasteiger charge is -2.10. The molecule has 1 aromatic heterocycles. The largest absolute Gasteiger partial charge is 0.462 e. The Balaban J connectivity index is 2.29. The maximum atomic E-state index is 12.4. The van der Waals surface area contributed by atoms with Gasteiger partial charge in [-0.15, -0.1) is 0 Å². The Labute approximate surface area is 128 Å². The first-order chi connectivity index (χ1) is 10.6. The highest BCUT2D eigenvalue weighted by Gasteiger charge is 2.20. The third-order valence-corrected chi connectivity index (χ3v) is 3.15. The predicted molar refractivity (Wildman–Crippen MR) is 81.5 cm³/mol. The molecule has 0 fully saturated rings. The maximum absolute atomic E-state index is 12.4. The monoisotopic (exact) mass is 302 g/mol. The molecule has 0 unspecified atom stereocenters. The highest BCUT2D eigenvalue weighted by atomic mass is 16.5. The van der Waals surface area contributed by atoms with Crippen LogP contribution in [0.3, 0.4) is 0 Å². The van der Waals surface area contributed by atoms with Crippen molar-refractivity contribution in [3.05, 3.63) is 47.2 Å². The van der Waals surface area contributed by atoms with Gasteiger partial charge < -0.3 is 15.8 Å². The van der Waals surface area contributed by atoms with Crippen LogP contribution in [0.4, 0.5) is 5.82 Å². The molecular weight excluding hydrogens is 284 g/mol. The Morgan fingerprint density at radius 2 is 2.05 bits per heavy atom. The summed E-state index contributed by atoms with van der Waals surface area (Å²) in [5, 5.41) is 6.68. The number of anilines is 1. The van der Waals surface area contributed by atoms with E-state index in [1.807, 2.05) is 6.07 Å². The van der Waals surface area contributed by atoms with E-state index >= 15 is 0 Å². The first kappa shape index (κ1) is 15.7. The molecule has 22 heavy (non-hydrogen) atoms. The van der Waals surface area contributed by atoms with Crippen LogP contribution in [-0.4, -0.2) is 28.3 Å². The fourth-order valence-electron chi connectivity index (χ4n) is 2.04. The molecule has 2 aromatic rings. The topological polar surface area (TPSA) is 99.2 Å². The van der Waals surface area contributed by atoms with E-state index in [-0.39, 0.29) is 30.4 Å². The minimum absolute atomic E-state index is 0.211. The number of nitrogens with two attached hydrogens (primary N) is 1. The van der Waals surface area contributed by atoms with E-state index in [0.717, 1.165) is 5.56 Å². The van der Waals surface area contributed by atoms with Gasteiger partial charge in [0, 0.05) is 19.2 Å². The molecule has 7 heteroatoms. The van der Waals surface area contributed by atoms with Gasteiger partial charge in [0.2, 0.25) is 0 Å². The van der Waals surface area contributed by atoms with Crippen LogP contribution in [-0.2, 0) is 18.3 Å². The van der Waals surface area contributed by atoms with Crippen LogP contribution in [0.15, 0.2) is 30.5 Å². The average Bonchev–Trinajstić information content (AvgIpc) is 2.88. The van der Waals surface area contributed by atoms with Gasteiger partial charge in [0.25, 0.3) is 5.91 Å². The second-order valence-corrected chi connectivity index (χ2v) is 4.57. The number of benzene rings is 1. The second kappa shape index (κ2) is 6.86. The lowest BCUT2D eigenvalue weighted by molar-refractivity contribution is 0.0527. The number of hydrogen-bond donors (Lipinski definition) is 2. The Bertz CT molecular complexity index is 694. The molecule has 116 valence electrons. The van der Waals surface area contributed by atoms with E-state index in [1.165, 1.54) is 10.9 Å². The van der Waals surface area contributed by atoms with Gasteiger partial charge in [-0.3, -0.25) is 9.48 Å². The zero-order chi connectivity index (χ0) is 16.1. The molecule has 0 radical (unpaired) electrons. The van der Waals surface area contributed by atoms with Crippen molar-refractivity contribution in [3.63, 3.8) is 0 Å². The van der Waals surface area contributed by atoms with Crippen molar-refractivity contribution in [1.29, 1.82) is 0 Å². The fourth-order valence-corrected chi connectivity index (χ4v) is 2.04. The van der Waals surface area contributed by atoms with E-state index in [1.54, 1.807) is 32.2 Å². The molecule has 0 aliphatic heterocycles. The zero-order valence-corrected chi connectivity index (χ0v) is 12.5. The number of carbonyl (C=O) groups excluding carboxylic acids is 2. The van der Waals surface area contributed by atoms with Crippen molar-refractivity contribution >= 4 is 17.7 Å². The molecule has 0 saturated heterocycles. The summed E-state index contributed by atoms with van der Waals surface area (Å²) in [7, 11) is 1.63. The van der Waals surface area contributed by atoms with Crippen molar-refractivity contribution in [2.24, 2.45) is 12.8 Å². The van der Waals surface area contributed by atoms with Crippen LogP contribution in [0.5, 0.6) is 0 Å². The molecule has 3 N–H and O–H groups in total. The summed E-state index contributed by atoms with van der Waals surface area (Å²) in [5.41, 5.74) is 7.03. The standard InChI is InChI=1S/C15H18N4O3/c1-3-22-15(21)12-9-17-19(2)13(12)18-14(20)11-7-5-4-6-10(11)8-16/h4-7,9H,3,8,16H2,1-2H3,(H,18,20). The number of esters is 1. The van der Waals surface area contributed by atoms with Gasteiger partial charge in [-0.25, -0.2) is 4.79 Å². The summed E-state index contributed by atoms with van der Waals surface area (Å²) in [6.07, 6.45) is 1.36. The van der Waals surface area contributed by atoms with E-state index in [9.17, 15) is 9.59 Å². The van der Waals surface area contributed by atoms with Gasteiger partial charge in [0.1, 0.15) is 11.4 Å². The van der Waals surface area contributed by atoms with Crippen LogP contribution in [0.25, 0.3) is 0 Å². The zero-order valence-electron chi connectivity index (χ0n) is 12.5. The Morgan fingerprint density at radius 1 is 1.32 bits per heavy atom. The summed E-state index contributed by atoms with van der Waals surface area (Å²) >= 11 is 0. The molecule has 0 aliphatic rings. The smallest absolute Gasteiger partial charge is 0.343 e. The van der Waals surface area contributed by atoms with Crippen LogP contribution in [0, 0.1) is 0 Å². The molecule has 0 bridgehead atoms. The van der Waals surface area contributed by atoms with E-state index in [2.05, 4.69) is 10.4 Å². The number of amides is 1. The maximum Gasteiger partial charge on any atom is 0.343 e. The minimum Gasteiger partial charge on any atom is -0.462 e. The number of nitrogens with one attached hydrogen (secondary N) is 1. The molecular formula is C15H18N4O3. The Hall–Kier alpha value is -2.67. The second-order valence-electron chi connectivity index (χ2n) is 4.57. The summed E-state index contributed by atoms with van der Waals surface area (Å²) in [6, 6.07) is 7.03. The first-order valence-electron chi connectivity index (χ1n) is 6.87. The van der Waals surface area contributed by atoms with E-state index in [4.69, 9.17) is 10.5 Å². The first-order valence-corrected chi connectivity index (χ1v) is 6.87. The molecule has 1 heterocycles. The van der Waals surface area contributed by atoms with Crippen molar-refractivity contribution in [1.82, 2.24) is 9.78 Å². The molecule has 1 amide bonds. The van der Waals surface area contributed by atoms with Gasteiger partial charge >= 0.3 is 5.97 Å². The number of ether oxygens (including phenoxy) is 1. The fraction of sp³-hybridized carbons (Fsp3) is 0.267. The number of aryl methyl sites for hydroxylation is 1. The molecule has 0 saturated carbocycles. The highest BCUT2D eigenvalue weighted by Crippen LogP contribution is 2.18. The molecule has 7 nitrogen and oxygen atoms in total.